The molecule has 0 saturated carbocycles. The van der Waals surface area contributed by atoms with Crippen LogP contribution in [-0.2, 0) is 17.8 Å². The summed E-state index contributed by atoms with van der Waals surface area (Å²) in [4.78, 5) is 17.7. The molecule has 0 aliphatic heterocycles. The molecular weight excluding hydrogens is 348 g/mol. The predicted molar refractivity (Wildman–Crippen MR) is 108 cm³/mol. The molecule has 0 fully saturated rings. The Labute approximate surface area is 156 Å². The minimum atomic E-state index is -0.0934. The van der Waals surface area contributed by atoms with Crippen LogP contribution in [0.5, 0.6) is 0 Å². The lowest BCUT2D eigenvalue weighted by atomic mass is 10.1. The maximum absolute atomic E-state index is 12.4. The summed E-state index contributed by atoms with van der Waals surface area (Å²) >= 11 is 3.41. The first-order valence-electron chi connectivity index (χ1n) is 8.29. The van der Waals surface area contributed by atoms with Gasteiger partial charge in [0, 0.05) is 12.3 Å². The zero-order valence-corrected chi connectivity index (χ0v) is 16.4. The van der Waals surface area contributed by atoms with E-state index in [4.69, 9.17) is 0 Å². The first-order chi connectivity index (χ1) is 12.1. The lowest BCUT2D eigenvalue weighted by Crippen LogP contribution is -2.18. The smallest absolute Gasteiger partial charge is 0.252 e. The monoisotopic (exact) mass is 370 g/mol. The number of thioether (sulfide) groups is 1. The zero-order valence-electron chi connectivity index (χ0n) is 14.8. The molecule has 1 heterocycles. The summed E-state index contributed by atoms with van der Waals surface area (Å²) in [6.45, 7) is 5.11. The van der Waals surface area contributed by atoms with Crippen molar-refractivity contribution in [2.45, 2.75) is 26.8 Å². The van der Waals surface area contributed by atoms with E-state index in [2.05, 4.69) is 41.8 Å². The number of aromatic nitrogens is 1. The van der Waals surface area contributed by atoms with Gasteiger partial charge in [-0.2, -0.15) is 16.8 Å². The largest absolute Gasteiger partial charge is 0.316 e. The molecular formula is C20H22N2OS2. The SMILES string of the molecule is CSCCn1c(=NC(=O)Cc2ccccc2)sc2cc(C)c(C)cc21. The molecule has 0 radical (unpaired) electrons. The molecule has 3 aromatic rings. The number of thiazole rings is 1. The Kier molecular flexibility index (Phi) is 5.76. The summed E-state index contributed by atoms with van der Waals surface area (Å²) in [5.41, 5.74) is 4.71. The molecule has 5 heteroatoms. The van der Waals surface area contributed by atoms with E-state index in [1.807, 2.05) is 30.3 Å². The summed E-state index contributed by atoms with van der Waals surface area (Å²) in [6.07, 6.45) is 2.44. The molecule has 1 amide bonds. The van der Waals surface area contributed by atoms with Gasteiger partial charge in [0.15, 0.2) is 4.80 Å². The van der Waals surface area contributed by atoms with Crippen molar-refractivity contribution in [1.29, 1.82) is 0 Å². The van der Waals surface area contributed by atoms with E-state index in [0.717, 1.165) is 22.7 Å². The van der Waals surface area contributed by atoms with Crippen LogP contribution in [0.25, 0.3) is 10.2 Å². The third-order valence-electron chi connectivity index (χ3n) is 4.24. The van der Waals surface area contributed by atoms with Crippen LogP contribution < -0.4 is 4.80 Å². The van der Waals surface area contributed by atoms with Crippen molar-refractivity contribution in [2.75, 3.05) is 12.0 Å². The van der Waals surface area contributed by atoms with Crippen LogP contribution in [0.3, 0.4) is 0 Å². The Morgan fingerprint density at radius 2 is 1.88 bits per heavy atom. The van der Waals surface area contributed by atoms with E-state index in [-0.39, 0.29) is 5.91 Å². The number of amides is 1. The first-order valence-corrected chi connectivity index (χ1v) is 10.5. The quantitative estimate of drug-likeness (QED) is 0.669. The normalized spacial score (nSPS) is 12.0. The summed E-state index contributed by atoms with van der Waals surface area (Å²) < 4.78 is 3.38. The van der Waals surface area contributed by atoms with Crippen LogP contribution in [-0.4, -0.2) is 22.5 Å². The fourth-order valence-electron chi connectivity index (χ4n) is 2.72. The Bertz CT molecular complexity index is 955. The average molecular weight is 371 g/mol. The first kappa shape index (κ1) is 18.0. The number of aryl methyl sites for hydroxylation is 3. The van der Waals surface area contributed by atoms with E-state index in [9.17, 15) is 4.79 Å². The van der Waals surface area contributed by atoms with Crippen molar-refractivity contribution in [3.63, 3.8) is 0 Å². The average Bonchev–Trinajstić information content (AvgIpc) is 2.90. The molecule has 0 aliphatic rings. The van der Waals surface area contributed by atoms with Crippen LogP contribution in [0.2, 0.25) is 0 Å². The maximum atomic E-state index is 12.4. The summed E-state index contributed by atoms with van der Waals surface area (Å²) in [6, 6.07) is 14.2. The molecule has 1 aromatic heterocycles. The molecule has 2 aromatic carbocycles. The number of rotatable bonds is 5. The Morgan fingerprint density at radius 3 is 2.60 bits per heavy atom. The molecule has 0 unspecified atom stereocenters. The third-order valence-corrected chi connectivity index (χ3v) is 5.87. The standard InChI is InChI=1S/C20H22N2OS2/c1-14-11-17-18(12-15(14)2)25-20(22(17)9-10-24-3)21-19(23)13-16-7-5-4-6-8-16/h4-8,11-12H,9-10,13H2,1-3H3. The zero-order chi connectivity index (χ0) is 17.8. The van der Waals surface area contributed by atoms with Gasteiger partial charge in [-0.25, -0.2) is 0 Å². The van der Waals surface area contributed by atoms with Crippen molar-refractivity contribution < 1.29 is 4.79 Å². The van der Waals surface area contributed by atoms with Crippen LogP contribution in [0.15, 0.2) is 47.5 Å². The summed E-state index contributed by atoms with van der Waals surface area (Å²) in [7, 11) is 0. The number of carbonyl (C=O) groups excluding carboxylic acids is 1. The molecule has 130 valence electrons. The number of carbonyl (C=O) groups is 1. The second-order valence-electron chi connectivity index (χ2n) is 6.10. The van der Waals surface area contributed by atoms with Gasteiger partial charge >= 0.3 is 0 Å². The maximum Gasteiger partial charge on any atom is 0.252 e. The highest BCUT2D eigenvalue weighted by Crippen LogP contribution is 2.22. The fourth-order valence-corrected chi connectivity index (χ4v) is 4.24. The number of nitrogens with zero attached hydrogens (tertiary/aromatic N) is 2. The van der Waals surface area contributed by atoms with Gasteiger partial charge in [0.1, 0.15) is 0 Å². The second-order valence-corrected chi connectivity index (χ2v) is 8.10. The number of hydrogen-bond acceptors (Lipinski definition) is 3. The Hall–Kier alpha value is -1.85. The van der Waals surface area contributed by atoms with Crippen molar-refractivity contribution >= 4 is 39.2 Å². The topological polar surface area (TPSA) is 34.4 Å². The van der Waals surface area contributed by atoms with Crippen molar-refractivity contribution in [3.8, 4) is 0 Å². The van der Waals surface area contributed by atoms with Gasteiger partial charge in [-0.15, -0.1) is 0 Å². The van der Waals surface area contributed by atoms with Gasteiger partial charge in [0.2, 0.25) is 0 Å². The van der Waals surface area contributed by atoms with E-state index in [0.29, 0.717) is 6.42 Å². The number of benzene rings is 2. The van der Waals surface area contributed by atoms with Crippen LogP contribution in [0.4, 0.5) is 0 Å². The van der Waals surface area contributed by atoms with E-state index in [1.165, 1.54) is 21.3 Å². The van der Waals surface area contributed by atoms with Gasteiger partial charge in [-0.05, 0) is 48.9 Å². The molecule has 25 heavy (non-hydrogen) atoms. The summed E-state index contributed by atoms with van der Waals surface area (Å²) in [5.74, 6) is 0.905. The molecule has 0 saturated heterocycles. The molecule has 3 nitrogen and oxygen atoms in total. The molecule has 0 aliphatic carbocycles. The van der Waals surface area contributed by atoms with Crippen LogP contribution in [0.1, 0.15) is 16.7 Å². The highest BCUT2D eigenvalue weighted by Gasteiger charge is 2.10. The van der Waals surface area contributed by atoms with Crippen molar-refractivity contribution in [3.05, 3.63) is 64.0 Å². The van der Waals surface area contributed by atoms with Gasteiger partial charge in [0.25, 0.3) is 5.91 Å². The molecule has 0 atom stereocenters. The van der Waals surface area contributed by atoms with Gasteiger partial charge in [-0.1, -0.05) is 41.7 Å². The Morgan fingerprint density at radius 1 is 1.16 bits per heavy atom. The lowest BCUT2D eigenvalue weighted by Gasteiger charge is -2.06. The van der Waals surface area contributed by atoms with Crippen LogP contribution >= 0.6 is 23.1 Å². The van der Waals surface area contributed by atoms with E-state index >= 15 is 0 Å². The predicted octanol–water partition coefficient (Wildman–Crippen LogP) is 4.35. The second kappa shape index (κ2) is 8.02. The fraction of sp³-hybridized carbons (Fsp3) is 0.300. The molecule has 0 bridgehead atoms. The van der Waals surface area contributed by atoms with Gasteiger partial charge in [0.05, 0.1) is 16.6 Å². The number of hydrogen-bond donors (Lipinski definition) is 0. The minimum Gasteiger partial charge on any atom is -0.316 e. The van der Waals surface area contributed by atoms with E-state index in [1.54, 1.807) is 23.1 Å². The third kappa shape index (κ3) is 4.22. The molecule has 0 spiro atoms. The summed E-state index contributed by atoms with van der Waals surface area (Å²) in [5, 5.41) is 0. The minimum absolute atomic E-state index is 0.0934. The highest BCUT2D eigenvalue weighted by atomic mass is 32.2. The van der Waals surface area contributed by atoms with Gasteiger partial charge < -0.3 is 4.57 Å². The molecule has 0 N–H and O–H groups in total. The van der Waals surface area contributed by atoms with Crippen molar-refractivity contribution in [2.24, 2.45) is 4.99 Å². The van der Waals surface area contributed by atoms with Gasteiger partial charge in [-0.3, -0.25) is 4.79 Å². The van der Waals surface area contributed by atoms with Crippen LogP contribution in [0, 0.1) is 13.8 Å². The van der Waals surface area contributed by atoms with Crippen molar-refractivity contribution in [1.82, 2.24) is 4.57 Å². The number of fused-ring (bicyclic) bond motifs is 1. The molecule has 3 rings (SSSR count). The lowest BCUT2D eigenvalue weighted by molar-refractivity contribution is -0.117. The highest BCUT2D eigenvalue weighted by molar-refractivity contribution is 7.98. The van der Waals surface area contributed by atoms with E-state index < -0.39 is 0 Å². The Balaban J connectivity index is 2.02.